The van der Waals surface area contributed by atoms with Gasteiger partial charge in [-0.25, -0.2) is 4.98 Å². The van der Waals surface area contributed by atoms with Gasteiger partial charge in [-0.15, -0.1) is 0 Å². The lowest BCUT2D eigenvalue weighted by atomic mass is 9.99. The second-order valence-corrected chi connectivity index (χ2v) is 6.36. The molecule has 0 aliphatic rings. The summed E-state index contributed by atoms with van der Waals surface area (Å²) in [6.45, 7) is 2.01. The molecular weight excluding hydrogens is 342 g/mol. The van der Waals surface area contributed by atoms with Crippen LogP contribution >= 0.6 is 15.9 Å². The van der Waals surface area contributed by atoms with Crippen molar-refractivity contribution in [2.24, 2.45) is 0 Å². The average molecular weight is 362 g/mol. The maximum Gasteiger partial charge on any atom is 0.270 e. The van der Waals surface area contributed by atoms with E-state index in [2.05, 4.69) is 43.3 Å². The third-order valence-electron chi connectivity index (χ3n) is 3.49. The van der Waals surface area contributed by atoms with Crippen LogP contribution in [-0.4, -0.2) is 35.9 Å². The van der Waals surface area contributed by atoms with Crippen LogP contribution in [0.4, 0.5) is 0 Å². The summed E-state index contributed by atoms with van der Waals surface area (Å²) in [5, 5.41) is 3.04. The van der Waals surface area contributed by atoms with Crippen LogP contribution in [0.1, 0.15) is 29.0 Å². The van der Waals surface area contributed by atoms with Gasteiger partial charge < -0.3 is 10.2 Å². The first-order valence-electron chi connectivity index (χ1n) is 7.13. The van der Waals surface area contributed by atoms with E-state index in [0.717, 1.165) is 4.47 Å². The smallest absolute Gasteiger partial charge is 0.270 e. The van der Waals surface area contributed by atoms with Gasteiger partial charge in [0, 0.05) is 16.7 Å². The Kier molecular flexibility index (Phi) is 5.69. The van der Waals surface area contributed by atoms with E-state index < -0.39 is 0 Å². The minimum atomic E-state index is -0.164. The Morgan fingerprint density at radius 3 is 2.41 bits per heavy atom. The van der Waals surface area contributed by atoms with Crippen LogP contribution in [0.3, 0.4) is 0 Å². The molecule has 0 radical (unpaired) electrons. The first-order valence-corrected chi connectivity index (χ1v) is 7.92. The van der Waals surface area contributed by atoms with Gasteiger partial charge in [0.05, 0.1) is 6.04 Å². The van der Waals surface area contributed by atoms with Gasteiger partial charge in [-0.3, -0.25) is 4.79 Å². The van der Waals surface area contributed by atoms with Crippen molar-refractivity contribution in [3.8, 4) is 0 Å². The molecule has 1 aromatic heterocycles. The van der Waals surface area contributed by atoms with Gasteiger partial charge in [0.15, 0.2) is 0 Å². The molecule has 5 heteroatoms. The van der Waals surface area contributed by atoms with Crippen LogP contribution in [0.25, 0.3) is 0 Å². The molecule has 116 valence electrons. The molecule has 0 saturated carbocycles. The van der Waals surface area contributed by atoms with Crippen molar-refractivity contribution in [1.82, 2.24) is 15.2 Å². The summed E-state index contributed by atoms with van der Waals surface area (Å²) in [5.74, 6) is -0.164. The van der Waals surface area contributed by atoms with Crippen molar-refractivity contribution in [1.29, 1.82) is 0 Å². The van der Waals surface area contributed by atoms with E-state index in [0.29, 0.717) is 5.69 Å². The fraction of sp³-hybridized carbons (Fsp3) is 0.294. The highest BCUT2D eigenvalue weighted by Crippen LogP contribution is 2.22. The lowest BCUT2D eigenvalue weighted by Crippen LogP contribution is -2.42. The molecule has 22 heavy (non-hydrogen) atoms. The molecule has 1 amide bonds. The highest BCUT2D eigenvalue weighted by atomic mass is 79.9. The van der Waals surface area contributed by atoms with Crippen molar-refractivity contribution < 1.29 is 4.79 Å². The summed E-state index contributed by atoms with van der Waals surface area (Å²) >= 11 is 3.32. The number of nitrogens with one attached hydrogen (secondary N) is 1. The largest absolute Gasteiger partial charge is 0.346 e. The molecule has 4 nitrogen and oxygen atoms in total. The standard InChI is InChI=1S/C17H20BrN3O/c1-12(16(21(2)3)13-7-5-4-6-8-13)20-17(22)15-10-9-14(18)11-19-15/h4-12,16H,1-3H3,(H,20,22)/t12-,16+/m1/s1. The first kappa shape index (κ1) is 16.6. The number of hydrogen-bond acceptors (Lipinski definition) is 3. The minimum Gasteiger partial charge on any atom is -0.346 e. The molecule has 1 N–H and O–H groups in total. The maximum absolute atomic E-state index is 12.3. The molecular formula is C17H20BrN3O. The van der Waals surface area contributed by atoms with Gasteiger partial charge in [0.1, 0.15) is 5.69 Å². The summed E-state index contributed by atoms with van der Waals surface area (Å²) in [4.78, 5) is 18.6. The van der Waals surface area contributed by atoms with E-state index in [1.54, 1.807) is 12.3 Å². The number of halogens is 1. The molecule has 1 aromatic carbocycles. The molecule has 2 aromatic rings. The molecule has 0 unspecified atom stereocenters. The zero-order chi connectivity index (χ0) is 16.1. The second kappa shape index (κ2) is 7.51. The van der Waals surface area contributed by atoms with Crippen LogP contribution in [0.5, 0.6) is 0 Å². The number of aromatic nitrogens is 1. The average Bonchev–Trinajstić information content (AvgIpc) is 2.48. The number of carbonyl (C=O) groups excluding carboxylic acids is 1. The summed E-state index contributed by atoms with van der Waals surface area (Å²) < 4.78 is 0.854. The molecule has 0 spiro atoms. The number of amides is 1. The predicted molar refractivity (Wildman–Crippen MR) is 91.7 cm³/mol. The summed E-state index contributed by atoms with van der Waals surface area (Å²) in [6, 6.07) is 13.7. The van der Waals surface area contributed by atoms with Gasteiger partial charge in [0.2, 0.25) is 0 Å². The van der Waals surface area contributed by atoms with Crippen LogP contribution in [0.2, 0.25) is 0 Å². The van der Waals surface area contributed by atoms with E-state index in [4.69, 9.17) is 0 Å². The Balaban J connectivity index is 2.13. The van der Waals surface area contributed by atoms with Crippen molar-refractivity contribution in [3.63, 3.8) is 0 Å². The Morgan fingerprint density at radius 2 is 1.86 bits per heavy atom. The van der Waals surface area contributed by atoms with Crippen LogP contribution in [0.15, 0.2) is 53.1 Å². The number of hydrogen-bond donors (Lipinski definition) is 1. The van der Waals surface area contributed by atoms with Crippen molar-refractivity contribution in [3.05, 3.63) is 64.4 Å². The normalized spacial score (nSPS) is 13.7. The topological polar surface area (TPSA) is 45.2 Å². The minimum absolute atomic E-state index is 0.0460. The van der Waals surface area contributed by atoms with E-state index >= 15 is 0 Å². The van der Waals surface area contributed by atoms with Gasteiger partial charge >= 0.3 is 0 Å². The summed E-state index contributed by atoms with van der Waals surface area (Å²) in [6.07, 6.45) is 1.63. The lowest BCUT2D eigenvalue weighted by Gasteiger charge is -2.31. The zero-order valence-corrected chi connectivity index (χ0v) is 14.5. The van der Waals surface area contributed by atoms with Crippen LogP contribution in [-0.2, 0) is 0 Å². The SMILES string of the molecule is C[C@@H](NC(=O)c1ccc(Br)cn1)[C@@H](c1ccccc1)N(C)C. The van der Waals surface area contributed by atoms with E-state index in [9.17, 15) is 4.79 Å². The van der Waals surface area contributed by atoms with Crippen molar-refractivity contribution in [2.45, 2.75) is 19.0 Å². The summed E-state index contributed by atoms with van der Waals surface area (Å²) in [5.41, 5.74) is 1.59. The van der Waals surface area contributed by atoms with Gasteiger partial charge in [-0.1, -0.05) is 30.3 Å². The molecule has 0 saturated heterocycles. The first-order chi connectivity index (χ1) is 10.5. The third kappa shape index (κ3) is 4.15. The quantitative estimate of drug-likeness (QED) is 0.888. The highest BCUT2D eigenvalue weighted by molar-refractivity contribution is 9.10. The number of likely N-dealkylation sites (N-methyl/N-ethyl adjacent to an activating group) is 1. The van der Waals surface area contributed by atoms with Crippen molar-refractivity contribution >= 4 is 21.8 Å². The van der Waals surface area contributed by atoms with Gasteiger partial charge in [-0.2, -0.15) is 0 Å². The van der Waals surface area contributed by atoms with Gasteiger partial charge in [0.25, 0.3) is 5.91 Å². The number of rotatable bonds is 5. The third-order valence-corrected chi connectivity index (χ3v) is 3.96. The molecule has 0 aliphatic heterocycles. The van der Waals surface area contributed by atoms with E-state index in [1.165, 1.54) is 5.56 Å². The molecule has 1 heterocycles. The zero-order valence-electron chi connectivity index (χ0n) is 13.0. The van der Waals surface area contributed by atoms with Gasteiger partial charge in [-0.05, 0) is 54.6 Å². The fourth-order valence-electron chi connectivity index (χ4n) is 2.55. The Morgan fingerprint density at radius 1 is 1.18 bits per heavy atom. The Labute approximate surface area is 139 Å². The second-order valence-electron chi connectivity index (χ2n) is 5.44. The maximum atomic E-state index is 12.3. The van der Waals surface area contributed by atoms with Crippen LogP contribution < -0.4 is 5.32 Å². The molecule has 0 aliphatic carbocycles. The molecule has 0 bridgehead atoms. The number of pyridine rings is 1. The predicted octanol–water partition coefficient (Wildman–Crippen LogP) is 3.27. The number of benzene rings is 1. The highest BCUT2D eigenvalue weighted by Gasteiger charge is 2.23. The molecule has 2 rings (SSSR count). The van der Waals surface area contributed by atoms with Crippen LogP contribution in [0, 0.1) is 0 Å². The lowest BCUT2D eigenvalue weighted by molar-refractivity contribution is 0.0910. The van der Waals surface area contributed by atoms with Crippen molar-refractivity contribution in [2.75, 3.05) is 14.1 Å². The Bertz CT molecular complexity index is 614. The fourth-order valence-corrected chi connectivity index (χ4v) is 2.79. The Hall–Kier alpha value is -1.72. The summed E-state index contributed by atoms with van der Waals surface area (Å²) in [7, 11) is 4.02. The molecule has 2 atom stereocenters. The number of carbonyl (C=O) groups is 1. The van der Waals surface area contributed by atoms with E-state index in [-0.39, 0.29) is 18.0 Å². The van der Waals surface area contributed by atoms with E-state index in [1.807, 2.05) is 45.3 Å². The molecule has 0 fully saturated rings. The monoisotopic (exact) mass is 361 g/mol. The number of nitrogens with zero attached hydrogens (tertiary/aromatic N) is 2.